The Morgan fingerprint density at radius 2 is 2.22 bits per heavy atom. The molecule has 0 spiro atoms. The fourth-order valence-electron chi connectivity index (χ4n) is 2.84. The average Bonchev–Trinajstić information content (AvgIpc) is 3.12. The number of carbonyl (C=O) groups is 1. The SMILES string of the molecule is CCn1ncnc1[C@@H](NC(=O)c1ccc2c(c1)OCO2)C1CC1. The van der Waals surface area contributed by atoms with Gasteiger partial charge in [0.2, 0.25) is 6.79 Å². The molecule has 23 heavy (non-hydrogen) atoms. The van der Waals surface area contributed by atoms with E-state index in [1.807, 2.05) is 11.6 Å². The van der Waals surface area contributed by atoms with E-state index in [0.29, 0.717) is 23.0 Å². The Morgan fingerprint density at radius 3 is 3.00 bits per heavy atom. The molecule has 2 heterocycles. The Kier molecular flexibility index (Phi) is 3.40. The third-order valence-electron chi connectivity index (χ3n) is 4.24. The lowest BCUT2D eigenvalue weighted by Gasteiger charge is -2.18. The molecular formula is C16H18N4O3. The first kappa shape index (κ1) is 14.0. The van der Waals surface area contributed by atoms with E-state index in [-0.39, 0.29) is 18.7 Å². The van der Waals surface area contributed by atoms with Gasteiger partial charge in [-0.05, 0) is 43.9 Å². The molecule has 2 aromatic rings. The van der Waals surface area contributed by atoms with Crippen LogP contribution >= 0.6 is 0 Å². The second-order valence-electron chi connectivity index (χ2n) is 5.79. The van der Waals surface area contributed by atoms with Crippen molar-refractivity contribution in [1.82, 2.24) is 20.1 Å². The summed E-state index contributed by atoms with van der Waals surface area (Å²) in [6.45, 7) is 2.95. The monoisotopic (exact) mass is 314 g/mol. The molecule has 1 aromatic heterocycles. The van der Waals surface area contributed by atoms with E-state index in [9.17, 15) is 4.79 Å². The zero-order chi connectivity index (χ0) is 15.8. The number of nitrogens with zero attached hydrogens (tertiary/aromatic N) is 3. The van der Waals surface area contributed by atoms with Crippen LogP contribution in [0.2, 0.25) is 0 Å². The number of aryl methyl sites for hydroxylation is 1. The maximum atomic E-state index is 12.6. The molecule has 7 nitrogen and oxygen atoms in total. The number of amides is 1. The first-order chi connectivity index (χ1) is 11.3. The number of rotatable bonds is 5. The standard InChI is InChI=1S/C16H18N4O3/c1-2-20-15(17-8-18-20)14(10-3-4-10)19-16(21)11-5-6-12-13(7-11)23-9-22-12/h5-8,10,14H,2-4,9H2,1H3,(H,19,21)/t14-/m0/s1. The van der Waals surface area contributed by atoms with Gasteiger partial charge in [-0.15, -0.1) is 0 Å². The minimum absolute atomic E-state index is 0.102. The Morgan fingerprint density at radius 1 is 1.39 bits per heavy atom. The summed E-state index contributed by atoms with van der Waals surface area (Å²) in [6, 6.07) is 5.12. The van der Waals surface area contributed by atoms with E-state index >= 15 is 0 Å². The molecule has 0 unspecified atom stereocenters. The number of fused-ring (bicyclic) bond motifs is 1. The molecule has 1 aliphatic carbocycles. The van der Waals surface area contributed by atoms with Crippen LogP contribution in [0.15, 0.2) is 24.5 Å². The van der Waals surface area contributed by atoms with Crippen molar-refractivity contribution in [3.05, 3.63) is 35.9 Å². The van der Waals surface area contributed by atoms with Gasteiger partial charge in [0.15, 0.2) is 11.5 Å². The highest BCUT2D eigenvalue weighted by Gasteiger charge is 2.36. The molecular weight excluding hydrogens is 296 g/mol. The summed E-state index contributed by atoms with van der Waals surface area (Å²) >= 11 is 0. The molecule has 1 aliphatic heterocycles. The molecule has 0 radical (unpaired) electrons. The molecule has 2 aliphatic rings. The van der Waals surface area contributed by atoms with Gasteiger partial charge >= 0.3 is 0 Å². The molecule has 0 bridgehead atoms. The lowest BCUT2D eigenvalue weighted by atomic mass is 10.1. The van der Waals surface area contributed by atoms with Gasteiger partial charge in [-0.1, -0.05) is 0 Å². The molecule has 1 saturated carbocycles. The van der Waals surface area contributed by atoms with Crippen molar-refractivity contribution in [2.45, 2.75) is 32.4 Å². The lowest BCUT2D eigenvalue weighted by Crippen LogP contribution is -2.32. The maximum absolute atomic E-state index is 12.6. The van der Waals surface area contributed by atoms with Gasteiger partial charge in [-0.3, -0.25) is 4.79 Å². The molecule has 1 amide bonds. The van der Waals surface area contributed by atoms with Crippen LogP contribution in [0.1, 0.15) is 42.0 Å². The summed E-state index contributed by atoms with van der Waals surface area (Å²) in [5.74, 6) is 2.40. The first-order valence-electron chi connectivity index (χ1n) is 7.84. The largest absolute Gasteiger partial charge is 0.454 e. The number of benzene rings is 1. The number of carbonyl (C=O) groups excluding carboxylic acids is 1. The average molecular weight is 314 g/mol. The van der Waals surface area contributed by atoms with Gasteiger partial charge in [0, 0.05) is 12.1 Å². The van der Waals surface area contributed by atoms with Crippen LogP contribution in [0.5, 0.6) is 11.5 Å². The van der Waals surface area contributed by atoms with Gasteiger partial charge in [0.05, 0.1) is 6.04 Å². The number of hydrogen-bond acceptors (Lipinski definition) is 5. The first-order valence-corrected chi connectivity index (χ1v) is 7.84. The van der Waals surface area contributed by atoms with Crippen LogP contribution in [0.25, 0.3) is 0 Å². The molecule has 4 rings (SSSR count). The van der Waals surface area contributed by atoms with Gasteiger partial charge in [0.1, 0.15) is 12.2 Å². The molecule has 120 valence electrons. The van der Waals surface area contributed by atoms with Gasteiger partial charge in [-0.2, -0.15) is 5.10 Å². The zero-order valence-corrected chi connectivity index (χ0v) is 12.9. The molecule has 1 fully saturated rings. The van der Waals surface area contributed by atoms with Crippen molar-refractivity contribution in [2.75, 3.05) is 6.79 Å². The predicted molar refractivity (Wildman–Crippen MR) is 81.2 cm³/mol. The zero-order valence-electron chi connectivity index (χ0n) is 12.9. The fraction of sp³-hybridized carbons (Fsp3) is 0.438. The van der Waals surface area contributed by atoms with E-state index in [4.69, 9.17) is 9.47 Å². The summed E-state index contributed by atoms with van der Waals surface area (Å²) in [5, 5.41) is 7.32. The molecule has 7 heteroatoms. The molecule has 0 saturated heterocycles. The second kappa shape index (κ2) is 5.57. The number of ether oxygens (including phenoxy) is 2. The van der Waals surface area contributed by atoms with Crippen LogP contribution in [0.3, 0.4) is 0 Å². The lowest BCUT2D eigenvalue weighted by molar-refractivity contribution is 0.0928. The summed E-state index contributed by atoms with van der Waals surface area (Å²) in [4.78, 5) is 17.0. The predicted octanol–water partition coefficient (Wildman–Crippen LogP) is 1.91. The Labute approximate surface area is 133 Å². The minimum atomic E-state index is -0.133. The van der Waals surface area contributed by atoms with E-state index in [1.165, 1.54) is 0 Å². The van der Waals surface area contributed by atoms with E-state index < -0.39 is 0 Å². The van der Waals surface area contributed by atoms with Crippen molar-refractivity contribution in [1.29, 1.82) is 0 Å². The molecule has 1 aromatic carbocycles. The van der Waals surface area contributed by atoms with Gasteiger partial charge < -0.3 is 14.8 Å². The van der Waals surface area contributed by atoms with Crippen molar-refractivity contribution >= 4 is 5.91 Å². The van der Waals surface area contributed by atoms with E-state index in [2.05, 4.69) is 15.4 Å². The highest BCUT2D eigenvalue weighted by Crippen LogP contribution is 2.40. The summed E-state index contributed by atoms with van der Waals surface area (Å²) < 4.78 is 12.4. The van der Waals surface area contributed by atoms with Gasteiger partial charge in [-0.25, -0.2) is 9.67 Å². The fourth-order valence-corrected chi connectivity index (χ4v) is 2.84. The third kappa shape index (κ3) is 2.62. The summed E-state index contributed by atoms with van der Waals surface area (Å²) in [7, 11) is 0. The topological polar surface area (TPSA) is 78.3 Å². The van der Waals surface area contributed by atoms with E-state index in [0.717, 1.165) is 25.2 Å². The Hall–Kier alpha value is -2.57. The summed E-state index contributed by atoms with van der Waals surface area (Å²) in [5.41, 5.74) is 0.558. The number of aromatic nitrogens is 3. The highest BCUT2D eigenvalue weighted by atomic mass is 16.7. The summed E-state index contributed by atoms with van der Waals surface area (Å²) in [6.07, 6.45) is 3.74. The minimum Gasteiger partial charge on any atom is -0.454 e. The maximum Gasteiger partial charge on any atom is 0.252 e. The van der Waals surface area contributed by atoms with Gasteiger partial charge in [0.25, 0.3) is 5.91 Å². The Bertz CT molecular complexity index is 739. The van der Waals surface area contributed by atoms with Crippen LogP contribution in [-0.4, -0.2) is 27.5 Å². The van der Waals surface area contributed by atoms with Crippen LogP contribution in [0.4, 0.5) is 0 Å². The third-order valence-corrected chi connectivity index (χ3v) is 4.24. The highest BCUT2D eigenvalue weighted by molar-refractivity contribution is 5.95. The number of nitrogens with one attached hydrogen (secondary N) is 1. The van der Waals surface area contributed by atoms with Crippen molar-refractivity contribution in [2.24, 2.45) is 5.92 Å². The quantitative estimate of drug-likeness (QED) is 0.912. The van der Waals surface area contributed by atoms with Crippen LogP contribution < -0.4 is 14.8 Å². The Balaban J connectivity index is 1.56. The van der Waals surface area contributed by atoms with Crippen LogP contribution in [0, 0.1) is 5.92 Å². The van der Waals surface area contributed by atoms with Crippen molar-refractivity contribution in [3.8, 4) is 11.5 Å². The number of hydrogen-bond donors (Lipinski definition) is 1. The smallest absolute Gasteiger partial charge is 0.252 e. The molecule has 1 N–H and O–H groups in total. The van der Waals surface area contributed by atoms with Crippen molar-refractivity contribution < 1.29 is 14.3 Å². The van der Waals surface area contributed by atoms with Crippen molar-refractivity contribution in [3.63, 3.8) is 0 Å². The second-order valence-corrected chi connectivity index (χ2v) is 5.79. The van der Waals surface area contributed by atoms with E-state index in [1.54, 1.807) is 24.5 Å². The molecule has 1 atom stereocenters. The van der Waals surface area contributed by atoms with Crippen LogP contribution in [-0.2, 0) is 6.54 Å². The normalized spacial score (nSPS) is 17.1.